The summed E-state index contributed by atoms with van der Waals surface area (Å²) in [5, 5.41) is 3.88. The Balaban J connectivity index is 2.83. The van der Waals surface area contributed by atoms with E-state index in [4.69, 9.17) is 16.2 Å². The fraction of sp³-hybridized carbons (Fsp3) is 0.545. The number of aromatic nitrogens is 2. The highest BCUT2D eigenvalue weighted by atomic mass is 19.1. The number of alkyl halides is 1. The van der Waals surface area contributed by atoms with Gasteiger partial charge in [-0.1, -0.05) is 0 Å². The Morgan fingerprint density at radius 2 is 2.10 bits per heavy atom. The highest BCUT2D eigenvalue weighted by molar-refractivity contribution is 6.03. The van der Waals surface area contributed by atoms with Crippen LogP contribution in [-0.2, 0) is 16.0 Å². The third kappa shape index (κ3) is 3.67. The number of ether oxygens (including phenoxy) is 2. The SMILES string of the molecule is COC(=O)c1nn(CCOCCCF)c(C(N)=O)c1N. The molecule has 0 spiro atoms. The minimum Gasteiger partial charge on any atom is -0.464 e. The molecule has 1 amide bonds. The molecule has 112 valence electrons. The van der Waals surface area contributed by atoms with Gasteiger partial charge < -0.3 is 20.9 Å². The third-order valence-corrected chi connectivity index (χ3v) is 2.47. The normalized spacial score (nSPS) is 10.5. The zero-order valence-corrected chi connectivity index (χ0v) is 11.1. The summed E-state index contributed by atoms with van der Waals surface area (Å²) in [6.07, 6.45) is 0.289. The quantitative estimate of drug-likeness (QED) is 0.501. The van der Waals surface area contributed by atoms with Crippen molar-refractivity contribution < 1.29 is 23.5 Å². The van der Waals surface area contributed by atoms with Crippen molar-refractivity contribution in [1.29, 1.82) is 0 Å². The Morgan fingerprint density at radius 1 is 1.40 bits per heavy atom. The number of esters is 1. The van der Waals surface area contributed by atoms with Crippen LogP contribution in [0.4, 0.5) is 10.1 Å². The Labute approximate surface area is 114 Å². The van der Waals surface area contributed by atoms with Gasteiger partial charge >= 0.3 is 5.97 Å². The number of hydrogen-bond acceptors (Lipinski definition) is 6. The Bertz CT molecular complexity index is 489. The first-order valence-electron chi connectivity index (χ1n) is 5.91. The third-order valence-electron chi connectivity index (χ3n) is 2.47. The van der Waals surface area contributed by atoms with Crippen molar-refractivity contribution in [3.05, 3.63) is 11.4 Å². The molecule has 0 fully saturated rings. The van der Waals surface area contributed by atoms with Gasteiger partial charge in [-0.2, -0.15) is 5.10 Å². The highest BCUT2D eigenvalue weighted by Crippen LogP contribution is 2.17. The number of halogens is 1. The minimum atomic E-state index is -0.811. The number of nitrogens with zero attached hydrogens (tertiary/aromatic N) is 2. The Hall–Kier alpha value is -2.16. The van der Waals surface area contributed by atoms with E-state index in [0.29, 0.717) is 0 Å². The average Bonchev–Trinajstić information content (AvgIpc) is 2.74. The van der Waals surface area contributed by atoms with Crippen LogP contribution in [0.2, 0.25) is 0 Å². The second-order valence-corrected chi connectivity index (χ2v) is 3.84. The molecule has 0 radical (unpaired) electrons. The molecule has 1 heterocycles. The van der Waals surface area contributed by atoms with Gasteiger partial charge in [0.15, 0.2) is 5.69 Å². The van der Waals surface area contributed by atoms with Crippen LogP contribution in [0.5, 0.6) is 0 Å². The van der Waals surface area contributed by atoms with Gasteiger partial charge in [0, 0.05) is 6.61 Å². The molecule has 9 heteroatoms. The molecule has 0 saturated carbocycles. The van der Waals surface area contributed by atoms with Crippen molar-refractivity contribution in [2.45, 2.75) is 13.0 Å². The van der Waals surface area contributed by atoms with Crippen molar-refractivity contribution in [3.63, 3.8) is 0 Å². The predicted molar refractivity (Wildman–Crippen MR) is 67.9 cm³/mol. The summed E-state index contributed by atoms with van der Waals surface area (Å²) in [5.74, 6) is -1.57. The van der Waals surface area contributed by atoms with Crippen LogP contribution in [0.15, 0.2) is 0 Å². The van der Waals surface area contributed by atoms with Crippen molar-refractivity contribution in [2.24, 2.45) is 5.73 Å². The van der Waals surface area contributed by atoms with E-state index in [1.807, 2.05) is 0 Å². The molecule has 0 bridgehead atoms. The molecule has 20 heavy (non-hydrogen) atoms. The molecular weight excluding hydrogens is 271 g/mol. The summed E-state index contributed by atoms with van der Waals surface area (Å²) >= 11 is 0. The number of amides is 1. The lowest BCUT2D eigenvalue weighted by molar-refractivity contribution is 0.0592. The highest BCUT2D eigenvalue weighted by Gasteiger charge is 2.24. The van der Waals surface area contributed by atoms with E-state index in [1.54, 1.807) is 0 Å². The molecule has 0 unspecified atom stereocenters. The lowest BCUT2D eigenvalue weighted by Crippen LogP contribution is -2.20. The number of carbonyl (C=O) groups excluding carboxylic acids is 2. The zero-order valence-electron chi connectivity index (χ0n) is 11.1. The Kier molecular flexibility index (Phi) is 5.91. The van der Waals surface area contributed by atoms with Crippen LogP contribution in [0.3, 0.4) is 0 Å². The van der Waals surface area contributed by atoms with Crippen LogP contribution in [0.1, 0.15) is 27.4 Å². The first kappa shape index (κ1) is 15.9. The van der Waals surface area contributed by atoms with Crippen LogP contribution >= 0.6 is 0 Å². The van der Waals surface area contributed by atoms with Gasteiger partial charge in [-0.3, -0.25) is 13.9 Å². The summed E-state index contributed by atoms with van der Waals surface area (Å²) in [6.45, 7) is 0.129. The van der Waals surface area contributed by atoms with Crippen LogP contribution in [0, 0.1) is 0 Å². The average molecular weight is 288 g/mol. The number of anilines is 1. The van der Waals surface area contributed by atoms with Crippen molar-refractivity contribution in [3.8, 4) is 0 Å². The topological polar surface area (TPSA) is 122 Å². The standard InChI is InChI=1S/C11H17FN4O4/c1-19-11(18)8-7(13)9(10(14)17)16(15-8)4-6-20-5-2-3-12/h2-6,13H2,1H3,(H2,14,17). The van der Waals surface area contributed by atoms with Gasteiger partial charge in [0.2, 0.25) is 0 Å². The van der Waals surface area contributed by atoms with Crippen molar-refractivity contribution in [1.82, 2.24) is 9.78 Å². The number of hydrogen-bond donors (Lipinski definition) is 2. The maximum absolute atomic E-state index is 11.9. The molecule has 1 aromatic rings. The zero-order chi connectivity index (χ0) is 15.1. The van der Waals surface area contributed by atoms with E-state index < -0.39 is 18.6 Å². The van der Waals surface area contributed by atoms with Gasteiger partial charge in [0.25, 0.3) is 5.91 Å². The number of primary amides is 1. The molecule has 0 aliphatic rings. The van der Waals surface area contributed by atoms with Crippen molar-refractivity contribution in [2.75, 3.05) is 32.7 Å². The molecule has 1 aromatic heterocycles. The second-order valence-electron chi connectivity index (χ2n) is 3.84. The molecule has 0 saturated heterocycles. The second kappa shape index (κ2) is 7.43. The number of rotatable bonds is 8. The van der Waals surface area contributed by atoms with E-state index in [9.17, 15) is 14.0 Å². The lowest BCUT2D eigenvalue weighted by atomic mass is 10.3. The van der Waals surface area contributed by atoms with E-state index in [-0.39, 0.29) is 43.3 Å². The Morgan fingerprint density at radius 3 is 2.65 bits per heavy atom. The molecule has 0 atom stereocenters. The maximum Gasteiger partial charge on any atom is 0.360 e. The van der Waals surface area contributed by atoms with Gasteiger partial charge in [0.1, 0.15) is 5.69 Å². The molecule has 0 aromatic carbocycles. The summed E-state index contributed by atoms with van der Waals surface area (Å²) in [7, 11) is 1.17. The smallest absolute Gasteiger partial charge is 0.360 e. The molecule has 0 aliphatic heterocycles. The van der Waals surface area contributed by atoms with Gasteiger partial charge in [-0.05, 0) is 6.42 Å². The molecule has 0 aliphatic carbocycles. The molecule has 4 N–H and O–H groups in total. The molecule has 8 nitrogen and oxygen atoms in total. The molecular formula is C11H17FN4O4. The van der Waals surface area contributed by atoms with Gasteiger partial charge in [-0.25, -0.2) is 4.79 Å². The van der Waals surface area contributed by atoms with Crippen LogP contribution in [-0.4, -0.2) is 48.7 Å². The number of nitrogens with two attached hydrogens (primary N) is 2. The fourth-order valence-corrected chi connectivity index (χ4v) is 1.55. The minimum absolute atomic E-state index is 0.0838. The maximum atomic E-state index is 11.9. The summed E-state index contributed by atoms with van der Waals surface area (Å²) in [5.41, 5.74) is 10.5. The van der Waals surface area contributed by atoms with E-state index >= 15 is 0 Å². The fourth-order valence-electron chi connectivity index (χ4n) is 1.55. The predicted octanol–water partition coefficient (Wildman–Crippen LogP) is -0.273. The monoisotopic (exact) mass is 288 g/mol. The number of nitrogen functional groups attached to an aromatic ring is 1. The van der Waals surface area contributed by atoms with E-state index in [2.05, 4.69) is 9.84 Å². The number of methoxy groups -OCH3 is 1. The summed E-state index contributed by atoms with van der Waals surface area (Å²) < 4.78 is 22.7. The van der Waals surface area contributed by atoms with E-state index in [0.717, 1.165) is 0 Å². The van der Waals surface area contributed by atoms with Crippen LogP contribution < -0.4 is 11.5 Å². The van der Waals surface area contributed by atoms with Gasteiger partial charge in [-0.15, -0.1) is 0 Å². The van der Waals surface area contributed by atoms with Crippen molar-refractivity contribution >= 4 is 17.6 Å². The van der Waals surface area contributed by atoms with Crippen LogP contribution in [0.25, 0.3) is 0 Å². The summed E-state index contributed by atoms with van der Waals surface area (Å²) in [6, 6.07) is 0. The van der Waals surface area contributed by atoms with Gasteiger partial charge in [0.05, 0.1) is 32.6 Å². The molecule has 1 rings (SSSR count). The first-order valence-corrected chi connectivity index (χ1v) is 5.91. The largest absolute Gasteiger partial charge is 0.464 e. The first-order chi connectivity index (χ1) is 9.52. The summed E-state index contributed by atoms with van der Waals surface area (Å²) in [4.78, 5) is 22.8. The van der Waals surface area contributed by atoms with E-state index in [1.165, 1.54) is 11.8 Å². The number of carbonyl (C=O) groups is 2. The lowest BCUT2D eigenvalue weighted by Gasteiger charge is -2.05.